The van der Waals surface area contributed by atoms with Crippen molar-refractivity contribution >= 4 is 38.8 Å². The van der Waals surface area contributed by atoms with E-state index in [2.05, 4.69) is 22.0 Å². The van der Waals surface area contributed by atoms with Crippen molar-refractivity contribution in [1.29, 1.82) is 0 Å². The minimum Gasteiger partial charge on any atom is -0.497 e. The molecule has 2 aromatic carbocycles. The zero-order valence-corrected chi connectivity index (χ0v) is 17.9. The summed E-state index contributed by atoms with van der Waals surface area (Å²) in [5, 5.41) is 8.67. The molecule has 7 heteroatoms. The Balaban J connectivity index is 1.55. The van der Waals surface area contributed by atoms with Gasteiger partial charge in [0.15, 0.2) is 0 Å². The van der Waals surface area contributed by atoms with Gasteiger partial charge in [-0.25, -0.2) is 5.01 Å². The molecule has 0 saturated carbocycles. The highest BCUT2D eigenvalue weighted by atomic mass is 79.9. The average Bonchev–Trinajstić information content (AvgIpc) is 3.43. The minimum atomic E-state index is -0.806. The highest BCUT2D eigenvalue weighted by Crippen LogP contribution is 2.44. The van der Waals surface area contributed by atoms with Crippen molar-refractivity contribution in [2.75, 3.05) is 7.11 Å². The number of thiophene rings is 1. The van der Waals surface area contributed by atoms with Crippen molar-refractivity contribution in [3.63, 3.8) is 0 Å². The lowest BCUT2D eigenvalue weighted by molar-refractivity contribution is -0.00459. The van der Waals surface area contributed by atoms with Crippen molar-refractivity contribution in [3.05, 3.63) is 80.5 Å². The minimum absolute atomic E-state index is 0.0412. The fourth-order valence-electron chi connectivity index (χ4n) is 3.72. The van der Waals surface area contributed by atoms with Crippen LogP contribution in [0.5, 0.6) is 11.5 Å². The van der Waals surface area contributed by atoms with Crippen LogP contribution in [0.25, 0.3) is 0 Å². The predicted molar refractivity (Wildman–Crippen MR) is 116 cm³/mol. The van der Waals surface area contributed by atoms with Crippen LogP contribution in [0.15, 0.2) is 69.6 Å². The van der Waals surface area contributed by atoms with Gasteiger partial charge in [0.1, 0.15) is 11.5 Å². The summed E-state index contributed by atoms with van der Waals surface area (Å²) in [4.78, 5) is 14.4. The molecule has 5 nitrogen and oxygen atoms in total. The summed E-state index contributed by atoms with van der Waals surface area (Å²) >= 11 is 5.20. The first-order chi connectivity index (χ1) is 14.1. The van der Waals surface area contributed by atoms with Crippen LogP contribution >= 0.6 is 27.3 Å². The topological polar surface area (TPSA) is 51.1 Å². The Bertz CT molecular complexity index is 1100. The number of halogens is 1. The van der Waals surface area contributed by atoms with E-state index in [1.165, 1.54) is 0 Å². The van der Waals surface area contributed by atoms with E-state index in [1.54, 1.807) is 42.7 Å². The molecule has 0 bridgehead atoms. The molecule has 0 fully saturated rings. The van der Waals surface area contributed by atoms with Crippen LogP contribution in [0.2, 0.25) is 0 Å². The van der Waals surface area contributed by atoms with Gasteiger partial charge in [0.05, 0.1) is 23.7 Å². The number of hydrogen-bond donors (Lipinski definition) is 0. The highest BCUT2D eigenvalue weighted by molar-refractivity contribution is 9.10. The Morgan fingerprint density at radius 1 is 1.24 bits per heavy atom. The third-order valence-electron chi connectivity index (χ3n) is 5.16. The first-order valence-electron chi connectivity index (χ1n) is 9.18. The molecule has 2 atom stereocenters. The van der Waals surface area contributed by atoms with Crippen LogP contribution in [0.4, 0.5) is 0 Å². The lowest BCUT2D eigenvalue weighted by atomic mass is 9.97. The lowest BCUT2D eigenvalue weighted by Gasteiger charge is -2.37. The smallest absolute Gasteiger partial charge is 0.251 e. The van der Waals surface area contributed by atoms with Gasteiger partial charge in [-0.2, -0.15) is 5.10 Å². The third kappa shape index (κ3) is 3.24. The predicted octanol–water partition coefficient (Wildman–Crippen LogP) is 5.27. The Hall–Kier alpha value is -2.64. The third-order valence-corrected chi connectivity index (χ3v) is 6.57. The van der Waals surface area contributed by atoms with Gasteiger partial charge >= 0.3 is 0 Å². The van der Waals surface area contributed by atoms with Crippen molar-refractivity contribution in [2.45, 2.75) is 18.7 Å². The number of hydrazone groups is 1. The SMILES string of the molecule is COc1ccc(C(=O)[C@H]2Oc3ccc(Br)cc3[C@H]3CC(c4cccs4)=NN23)cc1. The molecule has 146 valence electrons. The normalized spacial score (nSPS) is 19.8. The number of fused-ring (bicyclic) bond motifs is 3. The zero-order valence-electron chi connectivity index (χ0n) is 15.5. The monoisotopic (exact) mass is 468 g/mol. The van der Waals surface area contributed by atoms with Gasteiger partial charge in [-0.3, -0.25) is 4.79 Å². The molecule has 3 heterocycles. The second-order valence-corrected chi connectivity index (χ2v) is 8.73. The standard InChI is InChI=1S/C22H17BrN2O3S/c1-27-15-7-4-13(5-8-15)21(26)22-25-18(12-17(24-25)20-3-2-10-29-20)16-11-14(23)6-9-19(16)28-22/h2-11,18,22H,12H2,1H3/t18-,22-/m1/s1. The van der Waals surface area contributed by atoms with E-state index < -0.39 is 6.23 Å². The van der Waals surface area contributed by atoms with E-state index >= 15 is 0 Å². The molecule has 2 aliphatic rings. The fourth-order valence-corrected chi connectivity index (χ4v) is 4.82. The second kappa shape index (κ2) is 7.31. The van der Waals surface area contributed by atoms with Crippen LogP contribution in [0.3, 0.4) is 0 Å². The fraction of sp³-hybridized carbons (Fsp3) is 0.182. The van der Waals surface area contributed by atoms with E-state index in [0.29, 0.717) is 11.3 Å². The summed E-state index contributed by atoms with van der Waals surface area (Å²) in [7, 11) is 1.60. The van der Waals surface area contributed by atoms with Gasteiger partial charge in [-0.05, 0) is 53.9 Å². The lowest BCUT2D eigenvalue weighted by Crippen LogP contribution is -2.45. The van der Waals surface area contributed by atoms with Gasteiger partial charge < -0.3 is 9.47 Å². The summed E-state index contributed by atoms with van der Waals surface area (Å²) in [6.45, 7) is 0. The van der Waals surface area contributed by atoms with Crippen LogP contribution < -0.4 is 9.47 Å². The Labute approximate surface area is 180 Å². The molecular weight excluding hydrogens is 452 g/mol. The van der Waals surface area contributed by atoms with Crippen LogP contribution in [0, 0.1) is 0 Å². The van der Waals surface area contributed by atoms with Gasteiger partial charge in [-0.1, -0.05) is 22.0 Å². The van der Waals surface area contributed by atoms with Crippen LogP contribution in [-0.2, 0) is 0 Å². The maximum atomic E-state index is 13.3. The van der Waals surface area contributed by atoms with E-state index in [-0.39, 0.29) is 11.8 Å². The van der Waals surface area contributed by atoms with E-state index in [9.17, 15) is 4.79 Å². The maximum Gasteiger partial charge on any atom is 0.251 e. The number of methoxy groups -OCH3 is 1. The largest absolute Gasteiger partial charge is 0.497 e. The first kappa shape index (κ1) is 18.4. The summed E-state index contributed by atoms with van der Waals surface area (Å²) < 4.78 is 12.3. The van der Waals surface area contributed by atoms with E-state index in [1.807, 2.05) is 34.7 Å². The van der Waals surface area contributed by atoms with Crippen molar-refractivity contribution in [3.8, 4) is 11.5 Å². The first-order valence-corrected chi connectivity index (χ1v) is 10.9. The number of Topliss-reactive ketones (excluding diaryl/α,β-unsaturated/α-hetero) is 1. The summed E-state index contributed by atoms with van der Waals surface area (Å²) in [5.74, 6) is 1.31. The molecule has 0 aliphatic carbocycles. The molecule has 0 saturated heterocycles. The van der Waals surface area contributed by atoms with Crippen molar-refractivity contribution in [2.24, 2.45) is 5.10 Å². The van der Waals surface area contributed by atoms with Gasteiger partial charge in [0.2, 0.25) is 5.78 Å². The molecule has 0 radical (unpaired) electrons. The molecular formula is C22H17BrN2O3S. The number of rotatable bonds is 4. The number of benzene rings is 2. The van der Waals surface area contributed by atoms with Crippen molar-refractivity contribution in [1.82, 2.24) is 5.01 Å². The molecule has 0 amide bonds. The molecule has 0 N–H and O–H groups in total. The molecule has 0 unspecified atom stereocenters. The maximum absolute atomic E-state index is 13.3. The van der Waals surface area contributed by atoms with Gasteiger partial charge in [-0.15, -0.1) is 11.3 Å². The molecule has 29 heavy (non-hydrogen) atoms. The van der Waals surface area contributed by atoms with Gasteiger partial charge in [0.25, 0.3) is 6.23 Å². The molecule has 5 rings (SSSR count). The highest BCUT2D eigenvalue weighted by Gasteiger charge is 2.43. The van der Waals surface area contributed by atoms with E-state index in [4.69, 9.17) is 14.6 Å². The average molecular weight is 469 g/mol. The summed E-state index contributed by atoms with van der Waals surface area (Å²) in [6.07, 6.45) is -0.0702. The molecule has 0 spiro atoms. The number of nitrogens with zero attached hydrogens (tertiary/aromatic N) is 2. The molecule has 3 aromatic rings. The quantitative estimate of drug-likeness (QED) is 0.489. The second-order valence-electron chi connectivity index (χ2n) is 6.87. The van der Waals surface area contributed by atoms with Crippen molar-refractivity contribution < 1.29 is 14.3 Å². The number of ketones is 1. The number of carbonyl (C=O) groups excluding carboxylic acids is 1. The van der Waals surface area contributed by atoms with Crippen LogP contribution in [-0.4, -0.2) is 29.8 Å². The Kier molecular flexibility index (Phi) is 4.64. The number of carbonyl (C=O) groups is 1. The van der Waals surface area contributed by atoms with E-state index in [0.717, 1.165) is 32.8 Å². The number of ether oxygens (including phenoxy) is 2. The number of hydrogen-bond acceptors (Lipinski definition) is 6. The Morgan fingerprint density at radius 2 is 2.07 bits per heavy atom. The molecule has 2 aliphatic heterocycles. The summed E-state index contributed by atoms with van der Waals surface area (Å²) in [6, 6.07) is 17.0. The molecule has 1 aromatic heterocycles. The Morgan fingerprint density at radius 3 is 2.79 bits per heavy atom. The zero-order chi connectivity index (χ0) is 20.0. The summed E-state index contributed by atoms with van der Waals surface area (Å²) in [5.41, 5.74) is 2.58. The van der Waals surface area contributed by atoms with Gasteiger partial charge in [0, 0.05) is 22.0 Å². The van der Waals surface area contributed by atoms with Crippen LogP contribution in [0.1, 0.15) is 33.3 Å².